The highest BCUT2D eigenvalue weighted by molar-refractivity contribution is 7.92. The SMILES string of the molecule is CC(CC(=O)N[C@H]1CC[C@@H](Nc2nc(N(C)C)c3ccccc3n2)CC1)S(=O)(=O)c1ccc(Cl)cc1. The number of hydrogen-bond donors (Lipinski definition) is 2. The lowest BCUT2D eigenvalue weighted by molar-refractivity contribution is -0.122. The minimum Gasteiger partial charge on any atom is -0.362 e. The number of fused-ring (bicyclic) bond motifs is 1. The van der Waals surface area contributed by atoms with Crippen LogP contribution in [0, 0.1) is 0 Å². The van der Waals surface area contributed by atoms with Gasteiger partial charge < -0.3 is 15.5 Å². The topological polar surface area (TPSA) is 104 Å². The molecule has 2 aromatic carbocycles. The van der Waals surface area contributed by atoms with Gasteiger partial charge in [0.2, 0.25) is 11.9 Å². The summed E-state index contributed by atoms with van der Waals surface area (Å²) in [4.78, 5) is 24.2. The van der Waals surface area contributed by atoms with E-state index in [-0.39, 0.29) is 29.3 Å². The number of nitrogens with zero attached hydrogens (tertiary/aromatic N) is 3. The van der Waals surface area contributed by atoms with Crippen molar-refractivity contribution >= 4 is 50.0 Å². The van der Waals surface area contributed by atoms with E-state index in [0.717, 1.165) is 42.4 Å². The van der Waals surface area contributed by atoms with E-state index < -0.39 is 15.1 Å². The number of nitrogens with one attached hydrogen (secondary N) is 2. The van der Waals surface area contributed by atoms with E-state index in [9.17, 15) is 13.2 Å². The quantitative estimate of drug-likeness (QED) is 0.444. The molecule has 1 aliphatic rings. The van der Waals surface area contributed by atoms with Crippen LogP contribution in [-0.2, 0) is 14.6 Å². The second-order valence-corrected chi connectivity index (χ2v) is 12.4. The molecule has 1 aromatic heterocycles. The molecule has 36 heavy (non-hydrogen) atoms. The Morgan fingerprint density at radius 3 is 2.33 bits per heavy atom. The van der Waals surface area contributed by atoms with Gasteiger partial charge in [0.15, 0.2) is 9.84 Å². The number of para-hydroxylation sites is 1. The normalized spacial score (nSPS) is 19.0. The molecule has 0 bridgehead atoms. The zero-order chi connectivity index (χ0) is 25.9. The van der Waals surface area contributed by atoms with Crippen molar-refractivity contribution in [2.24, 2.45) is 0 Å². The predicted molar refractivity (Wildman–Crippen MR) is 144 cm³/mol. The molecule has 3 aromatic rings. The van der Waals surface area contributed by atoms with E-state index in [2.05, 4.69) is 15.6 Å². The van der Waals surface area contributed by atoms with Gasteiger partial charge in [0.1, 0.15) is 5.82 Å². The van der Waals surface area contributed by atoms with Gasteiger partial charge in [-0.25, -0.2) is 13.4 Å². The van der Waals surface area contributed by atoms with Crippen molar-refractivity contribution in [3.63, 3.8) is 0 Å². The molecule has 1 saturated carbocycles. The van der Waals surface area contributed by atoms with Crippen LogP contribution >= 0.6 is 11.6 Å². The molecule has 1 aliphatic carbocycles. The van der Waals surface area contributed by atoms with Gasteiger partial charge in [-0.15, -0.1) is 0 Å². The number of hydrogen-bond acceptors (Lipinski definition) is 7. The number of carbonyl (C=O) groups excluding carboxylic acids is 1. The Morgan fingerprint density at radius 1 is 1.03 bits per heavy atom. The van der Waals surface area contributed by atoms with Crippen LogP contribution < -0.4 is 15.5 Å². The number of rotatable bonds is 8. The van der Waals surface area contributed by atoms with Crippen molar-refractivity contribution in [2.75, 3.05) is 24.3 Å². The van der Waals surface area contributed by atoms with E-state index in [1.54, 1.807) is 6.92 Å². The molecule has 1 atom stereocenters. The van der Waals surface area contributed by atoms with Crippen molar-refractivity contribution in [1.29, 1.82) is 0 Å². The molecule has 1 heterocycles. The van der Waals surface area contributed by atoms with Gasteiger partial charge in [-0.1, -0.05) is 23.7 Å². The second kappa shape index (κ2) is 11.0. The fourth-order valence-corrected chi connectivity index (χ4v) is 6.02. The van der Waals surface area contributed by atoms with Crippen molar-refractivity contribution in [1.82, 2.24) is 15.3 Å². The van der Waals surface area contributed by atoms with E-state index in [1.165, 1.54) is 24.3 Å². The van der Waals surface area contributed by atoms with E-state index in [1.807, 2.05) is 43.3 Å². The maximum atomic E-state index is 12.8. The zero-order valence-corrected chi connectivity index (χ0v) is 22.3. The Hall–Kier alpha value is -2.91. The van der Waals surface area contributed by atoms with Gasteiger partial charge in [-0.05, 0) is 69.0 Å². The highest BCUT2D eigenvalue weighted by atomic mass is 35.5. The number of halogens is 1. The van der Waals surface area contributed by atoms with Crippen molar-refractivity contribution in [3.05, 3.63) is 53.6 Å². The Balaban J connectivity index is 1.30. The van der Waals surface area contributed by atoms with Crippen LogP contribution in [0.4, 0.5) is 11.8 Å². The molecule has 1 unspecified atom stereocenters. The molecule has 192 valence electrons. The van der Waals surface area contributed by atoms with E-state index >= 15 is 0 Å². The number of amides is 1. The predicted octanol–water partition coefficient (Wildman–Crippen LogP) is 4.44. The van der Waals surface area contributed by atoms with Gasteiger partial charge in [0.05, 0.1) is 15.7 Å². The lowest BCUT2D eigenvalue weighted by atomic mass is 9.91. The van der Waals surface area contributed by atoms with Crippen LogP contribution in [0.15, 0.2) is 53.4 Å². The zero-order valence-electron chi connectivity index (χ0n) is 20.7. The summed E-state index contributed by atoms with van der Waals surface area (Å²) in [5.41, 5.74) is 0.891. The highest BCUT2D eigenvalue weighted by Crippen LogP contribution is 2.27. The van der Waals surface area contributed by atoms with Gasteiger partial charge in [-0.2, -0.15) is 4.98 Å². The van der Waals surface area contributed by atoms with Crippen LogP contribution in [0.2, 0.25) is 5.02 Å². The third-order valence-electron chi connectivity index (χ3n) is 6.58. The van der Waals surface area contributed by atoms with Crippen molar-refractivity contribution in [3.8, 4) is 0 Å². The van der Waals surface area contributed by atoms with Crippen LogP contribution in [-0.4, -0.2) is 55.7 Å². The van der Waals surface area contributed by atoms with Gasteiger partial charge in [-0.3, -0.25) is 4.79 Å². The summed E-state index contributed by atoms with van der Waals surface area (Å²) in [5.74, 6) is 1.22. The first-order valence-electron chi connectivity index (χ1n) is 12.1. The number of carbonyl (C=O) groups is 1. The molecule has 1 amide bonds. The van der Waals surface area contributed by atoms with Crippen LogP contribution in [0.25, 0.3) is 10.9 Å². The fourth-order valence-electron chi connectivity index (χ4n) is 4.54. The molecule has 0 spiro atoms. The number of benzene rings is 2. The minimum absolute atomic E-state index is 0.0239. The third-order valence-corrected chi connectivity index (χ3v) is 8.98. The van der Waals surface area contributed by atoms with Gasteiger partial charge in [0.25, 0.3) is 0 Å². The average Bonchev–Trinajstić information content (AvgIpc) is 2.85. The van der Waals surface area contributed by atoms with Crippen LogP contribution in [0.5, 0.6) is 0 Å². The molecule has 0 saturated heterocycles. The molecular formula is C26H32ClN5O3S. The number of anilines is 2. The summed E-state index contributed by atoms with van der Waals surface area (Å²) in [6.07, 6.45) is 3.24. The standard InChI is InChI=1S/C26H32ClN5O3S/c1-17(36(34,35)21-14-8-18(27)9-15-21)16-24(33)28-19-10-12-20(13-11-19)29-26-30-23-7-5-4-6-22(23)25(31-26)32(2)3/h4-9,14-15,17,19-20H,10-13,16H2,1-3H3,(H,28,33)(H,29,30,31)/t17?,19-,20+. The largest absolute Gasteiger partial charge is 0.362 e. The molecule has 0 aliphatic heterocycles. The highest BCUT2D eigenvalue weighted by Gasteiger charge is 2.28. The molecule has 4 rings (SSSR count). The summed E-state index contributed by atoms with van der Waals surface area (Å²) < 4.78 is 25.6. The summed E-state index contributed by atoms with van der Waals surface area (Å²) in [5, 5.41) is 7.14. The average molecular weight is 530 g/mol. The molecule has 8 nitrogen and oxygen atoms in total. The lowest BCUT2D eigenvalue weighted by Gasteiger charge is -2.30. The Bertz CT molecular complexity index is 1320. The summed E-state index contributed by atoms with van der Waals surface area (Å²) in [6.45, 7) is 1.57. The first kappa shape index (κ1) is 26.2. The molecular weight excluding hydrogens is 498 g/mol. The Labute approximate surface area is 217 Å². The lowest BCUT2D eigenvalue weighted by Crippen LogP contribution is -2.41. The third kappa shape index (κ3) is 6.07. The second-order valence-electron chi connectivity index (χ2n) is 9.56. The summed E-state index contributed by atoms with van der Waals surface area (Å²) in [6, 6.07) is 14.2. The van der Waals surface area contributed by atoms with E-state index in [0.29, 0.717) is 11.0 Å². The molecule has 2 N–H and O–H groups in total. The minimum atomic E-state index is -3.61. The maximum absolute atomic E-state index is 12.8. The number of sulfone groups is 1. The monoisotopic (exact) mass is 529 g/mol. The van der Waals surface area contributed by atoms with Crippen LogP contribution in [0.3, 0.4) is 0 Å². The smallest absolute Gasteiger partial charge is 0.225 e. The van der Waals surface area contributed by atoms with Crippen LogP contribution in [0.1, 0.15) is 39.0 Å². The number of aromatic nitrogens is 2. The van der Waals surface area contributed by atoms with E-state index in [4.69, 9.17) is 16.6 Å². The first-order valence-corrected chi connectivity index (χ1v) is 14.1. The van der Waals surface area contributed by atoms with Crippen molar-refractivity contribution < 1.29 is 13.2 Å². The maximum Gasteiger partial charge on any atom is 0.225 e. The summed E-state index contributed by atoms with van der Waals surface area (Å²) in [7, 11) is 0.325. The Kier molecular flexibility index (Phi) is 8.00. The van der Waals surface area contributed by atoms with Crippen molar-refractivity contribution in [2.45, 2.75) is 61.3 Å². The molecule has 1 fully saturated rings. The first-order chi connectivity index (χ1) is 17.1. The molecule has 10 heteroatoms. The van der Waals surface area contributed by atoms with Gasteiger partial charge >= 0.3 is 0 Å². The van der Waals surface area contributed by atoms with Gasteiger partial charge in [0, 0.05) is 43.0 Å². The molecule has 0 radical (unpaired) electrons. The summed E-state index contributed by atoms with van der Waals surface area (Å²) >= 11 is 5.86. The fraction of sp³-hybridized carbons (Fsp3) is 0.423. The Morgan fingerprint density at radius 2 is 1.67 bits per heavy atom.